The molecule has 0 radical (unpaired) electrons. The molecule has 3 heterocycles. The molecule has 1 aromatic heterocycles. The molecular formula is C24H34IN3O3. The average molecular weight is 539 g/mol. The van der Waals surface area contributed by atoms with Gasteiger partial charge in [-0.05, 0) is 54.7 Å². The number of hydrogen-bond acceptors (Lipinski definition) is 4. The van der Waals surface area contributed by atoms with Crippen LogP contribution in [0, 0.1) is 5.92 Å². The third-order valence-electron chi connectivity index (χ3n) is 5.72. The first-order chi connectivity index (χ1) is 14.8. The Morgan fingerprint density at radius 1 is 1.29 bits per heavy atom. The fourth-order valence-electron chi connectivity index (χ4n) is 3.98. The van der Waals surface area contributed by atoms with Crippen LogP contribution in [0.2, 0.25) is 0 Å². The Morgan fingerprint density at radius 3 is 3.00 bits per heavy atom. The van der Waals surface area contributed by atoms with Crippen LogP contribution in [-0.4, -0.2) is 50.3 Å². The quantitative estimate of drug-likeness (QED) is 0.309. The van der Waals surface area contributed by atoms with E-state index in [-0.39, 0.29) is 24.0 Å². The second kappa shape index (κ2) is 12.3. The normalized spacial score (nSPS) is 18.4. The van der Waals surface area contributed by atoms with Gasteiger partial charge in [-0.3, -0.25) is 4.99 Å². The Kier molecular flexibility index (Phi) is 9.52. The predicted octanol–water partition coefficient (Wildman–Crippen LogP) is 4.27. The van der Waals surface area contributed by atoms with Crippen LogP contribution in [-0.2, 0) is 24.1 Å². The van der Waals surface area contributed by atoms with Gasteiger partial charge < -0.3 is 24.1 Å². The fourth-order valence-corrected chi connectivity index (χ4v) is 3.98. The van der Waals surface area contributed by atoms with Crippen LogP contribution in [0.25, 0.3) is 0 Å². The number of nitrogens with zero attached hydrogens (tertiary/aromatic N) is 2. The zero-order valence-electron chi connectivity index (χ0n) is 18.3. The monoisotopic (exact) mass is 539 g/mol. The Morgan fingerprint density at radius 2 is 2.23 bits per heavy atom. The van der Waals surface area contributed by atoms with E-state index >= 15 is 0 Å². The van der Waals surface area contributed by atoms with Crippen LogP contribution in [0.1, 0.15) is 36.7 Å². The molecule has 6 nitrogen and oxygen atoms in total. The molecule has 170 valence electrons. The van der Waals surface area contributed by atoms with Crippen LogP contribution in [0.4, 0.5) is 0 Å². The fraction of sp³-hybridized carbons (Fsp3) is 0.542. The first kappa shape index (κ1) is 23.9. The topological polar surface area (TPSA) is 59.2 Å². The van der Waals surface area contributed by atoms with Crippen molar-refractivity contribution < 1.29 is 13.9 Å². The molecule has 0 aliphatic carbocycles. The van der Waals surface area contributed by atoms with Gasteiger partial charge in [0, 0.05) is 45.1 Å². The molecule has 1 unspecified atom stereocenters. The van der Waals surface area contributed by atoms with Crippen molar-refractivity contribution in [2.75, 3.05) is 39.5 Å². The van der Waals surface area contributed by atoms with Gasteiger partial charge in [0.05, 0.1) is 19.5 Å². The zero-order valence-corrected chi connectivity index (χ0v) is 20.7. The molecule has 2 aliphatic rings. The summed E-state index contributed by atoms with van der Waals surface area (Å²) in [5.74, 6) is 3.50. The molecule has 7 heteroatoms. The number of rotatable bonds is 8. The first-order valence-electron chi connectivity index (χ1n) is 11.2. The van der Waals surface area contributed by atoms with Crippen LogP contribution < -0.4 is 10.1 Å². The second-order valence-corrected chi connectivity index (χ2v) is 8.10. The van der Waals surface area contributed by atoms with Crippen LogP contribution in [0.15, 0.2) is 46.0 Å². The van der Waals surface area contributed by atoms with Crippen molar-refractivity contribution in [2.24, 2.45) is 10.9 Å². The highest BCUT2D eigenvalue weighted by molar-refractivity contribution is 14.0. The summed E-state index contributed by atoms with van der Waals surface area (Å²) in [5, 5.41) is 3.57. The van der Waals surface area contributed by atoms with Crippen molar-refractivity contribution in [2.45, 2.75) is 39.2 Å². The standard InChI is InChI=1S/C24H33N3O3.HI/c1-2-12-29-23-6-5-21-17-27(11-8-20(21)15-23)24(26-16-19-9-14-28-18-19)25-10-7-22-4-3-13-30-22;/h3-6,13,15,19H,2,7-12,14,16-18H2,1H3,(H,25,26);1H. The van der Waals surface area contributed by atoms with Crippen molar-refractivity contribution >= 4 is 29.9 Å². The van der Waals surface area contributed by atoms with Gasteiger partial charge in [0.15, 0.2) is 5.96 Å². The van der Waals surface area contributed by atoms with E-state index in [4.69, 9.17) is 18.9 Å². The number of furan rings is 1. The number of guanidine groups is 1. The Balaban J connectivity index is 0.00000272. The van der Waals surface area contributed by atoms with Crippen molar-refractivity contribution in [3.8, 4) is 5.75 Å². The van der Waals surface area contributed by atoms with E-state index in [0.29, 0.717) is 5.92 Å². The molecule has 2 aliphatic heterocycles. The minimum absolute atomic E-state index is 0. The summed E-state index contributed by atoms with van der Waals surface area (Å²) in [7, 11) is 0. The number of aliphatic imine (C=N–C) groups is 1. The van der Waals surface area contributed by atoms with E-state index in [1.807, 2.05) is 12.1 Å². The summed E-state index contributed by atoms with van der Waals surface area (Å²) in [6, 6.07) is 10.5. The van der Waals surface area contributed by atoms with Gasteiger partial charge in [-0.2, -0.15) is 0 Å². The molecule has 0 saturated carbocycles. The summed E-state index contributed by atoms with van der Waals surface area (Å²) in [4.78, 5) is 7.34. The molecule has 0 bridgehead atoms. The largest absolute Gasteiger partial charge is 0.494 e. The Labute approximate surface area is 202 Å². The van der Waals surface area contributed by atoms with Crippen molar-refractivity contribution in [1.82, 2.24) is 10.2 Å². The molecule has 0 spiro atoms. The lowest BCUT2D eigenvalue weighted by Crippen LogP contribution is -2.45. The summed E-state index contributed by atoms with van der Waals surface area (Å²) in [6.45, 7) is 8.04. The molecule has 1 N–H and O–H groups in total. The summed E-state index contributed by atoms with van der Waals surface area (Å²) in [5.41, 5.74) is 2.74. The lowest BCUT2D eigenvalue weighted by Gasteiger charge is -2.32. The summed E-state index contributed by atoms with van der Waals surface area (Å²) >= 11 is 0. The van der Waals surface area contributed by atoms with Gasteiger partial charge in [0.1, 0.15) is 11.5 Å². The van der Waals surface area contributed by atoms with Crippen LogP contribution in [0.3, 0.4) is 0 Å². The van der Waals surface area contributed by atoms with E-state index in [2.05, 4.69) is 35.3 Å². The Bertz CT molecular complexity index is 819. The molecule has 1 fully saturated rings. The SMILES string of the molecule is CCCOc1ccc2c(c1)CCN(C(=NCC1CCOC1)NCCc1ccco1)C2.I. The predicted molar refractivity (Wildman–Crippen MR) is 133 cm³/mol. The lowest BCUT2D eigenvalue weighted by molar-refractivity contribution is 0.187. The van der Waals surface area contributed by atoms with E-state index in [9.17, 15) is 0 Å². The highest BCUT2D eigenvalue weighted by Crippen LogP contribution is 2.24. The van der Waals surface area contributed by atoms with Crippen LogP contribution in [0.5, 0.6) is 5.75 Å². The molecule has 31 heavy (non-hydrogen) atoms. The average Bonchev–Trinajstić information content (AvgIpc) is 3.48. The van der Waals surface area contributed by atoms with Crippen molar-refractivity contribution in [1.29, 1.82) is 0 Å². The molecule has 0 amide bonds. The minimum Gasteiger partial charge on any atom is -0.494 e. The van der Waals surface area contributed by atoms with Gasteiger partial charge in [-0.15, -0.1) is 24.0 Å². The number of fused-ring (bicyclic) bond motifs is 1. The molecule has 1 atom stereocenters. The number of halogens is 1. The van der Waals surface area contributed by atoms with Gasteiger partial charge in [-0.25, -0.2) is 0 Å². The third-order valence-corrected chi connectivity index (χ3v) is 5.72. The Hall–Kier alpha value is -1.74. The number of hydrogen-bond donors (Lipinski definition) is 1. The van der Waals surface area contributed by atoms with E-state index in [1.165, 1.54) is 11.1 Å². The lowest BCUT2D eigenvalue weighted by atomic mass is 9.99. The third kappa shape index (κ3) is 6.87. The minimum atomic E-state index is 0. The molecule has 4 rings (SSSR count). The van der Waals surface area contributed by atoms with E-state index in [1.54, 1.807) is 6.26 Å². The maximum atomic E-state index is 5.81. The summed E-state index contributed by atoms with van der Waals surface area (Å²) in [6.07, 6.45) is 5.71. The highest BCUT2D eigenvalue weighted by Gasteiger charge is 2.21. The van der Waals surface area contributed by atoms with E-state index < -0.39 is 0 Å². The van der Waals surface area contributed by atoms with Crippen LogP contribution >= 0.6 is 24.0 Å². The number of ether oxygens (including phenoxy) is 2. The van der Waals surface area contributed by atoms with Gasteiger partial charge in [0.25, 0.3) is 0 Å². The summed E-state index contributed by atoms with van der Waals surface area (Å²) < 4.78 is 16.8. The number of nitrogens with one attached hydrogen (secondary N) is 1. The maximum Gasteiger partial charge on any atom is 0.194 e. The van der Waals surface area contributed by atoms with Gasteiger partial charge in [0.2, 0.25) is 0 Å². The molecule has 1 saturated heterocycles. The first-order valence-corrected chi connectivity index (χ1v) is 11.2. The van der Waals surface area contributed by atoms with E-state index in [0.717, 1.165) is 89.2 Å². The molecule has 1 aromatic carbocycles. The number of benzene rings is 1. The molecular weight excluding hydrogens is 505 g/mol. The second-order valence-electron chi connectivity index (χ2n) is 8.10. The smallest absolute Gasteiger partial charge is 0.194 e. The van der Waals surface area contributed by atoms with Gasteiger partial charge in [-0.1, -0.05) is 13.0 Å². The highest BCUT2D eigenvalue weighted by atomic mass is 127. The molecule has 2 aromatic rings. The van der Waals surface area contributed by atoms with Gasteiger partial charge >= 0.3 is 0 Å². The zero-order chi connectivity index (χ0) is 20.6. The van der Waals surface area contributed by atoms with Crippen molar-refractivity contribution in [3.63, 3.8) is 0 Å². The van der Waals surface area contributed by atoms with Crippen molar-refractivity contribution in [3.05, 3.63) is 53.5 Å². The maximum absolute atomic E-state index is 5.81.